The van der Waals surface area contributed by atoms with E-state index < -0.39 is 0 Å². The Hall–Kier alpha value is -0.870. The number of halogens is 1. The lowest BCUT2D eigenvalue weighted by atomic mass is 10.2. The van der Waals surface area contributed by atoms with E-state index in [1.807, 2.05) is 24.3 Å². The summed E-state index contributed by atoms with van der Waals surface area (Å²) in [6.07, 6.45) is 5.78. The molecule has 1 heterocycles. The molecule has 1 amide bonds. The van der Waals surface area contributed by atoms with Crippen molar-refractivity contribution in [2.75, 3.05) is 25.0 Å². The van der Waals surface area contributed by atoms with Gasteiger partial charge in [-0.25, -0.2) is 0 Å². The topological polar surface area (TPSA) is 32.3 Å². The average Bonchev–Trinajstić information content (AvgIpc) is 2.68. The van der Waals surface area contributed by atoms with Gasteiger partial charge in [0.15, 0.2) is 0 Å². The standard InChI is InChI=1S/C15H21BrN2O/c16-13-7-3-4-8-14(13)17-15(19)9-12-18-10-5-1-2-6-11-18/h3-4,7-8H,1-2,5-6,9-12H2,(H,17,19). The van der Waals surface area contributed by atoms with E-state index in [-0.39, 0.29) is 5.91 Å². The molecule has 0 saturated carbocycles. The maximum absolute atomic E-state index is 11.9. The molecule has 1 aromatic carbocycles. The average molecular weight is 325 g/mol. The smallest absolute Gasteiger partial charge is 0.225 e. The summed E-state index contributed by atoms with van der Waals surface area (Å²) >= 11 is 3.44. The van der Waals surface area contributed by atoms with Crippen LogP contribution in [0, 0.1) is 0 Å². The Morgan fingerprint density at radius 1 is 1.16 bits per heavy atom. The number of rotatable bonds is 4. The highest BCUT2D eigenvalue weighted by atomic mass is 79.9. The van der Waals surface area contributed by atoms with Gasteiger partial charge in [0.25, 0.3) is 0 Å². The summed E-state index contributed by atoms with van der Waals surface area (Å²) in [4.78, 5) is 14.3. The Balaban J connectivity index is 1.76. The summed E-state index contributed by atoms with van der Waals surface area (Å²) in [7, 11) is 0. The highest BCUT2D eigenvalue weighted by Crippen LogP contribution is 2.21. The number of likely N-dealkylation sites (tertiary alicyclic amines) is 1. The van der Waals surface area contributed by atoms with Crippen LogP contribution in [0.4, 0.5) is 5.69 Å². The van der Waals surface area contributed by atoms with Crippen molar-refractivity contribution in [3.05, 3.63) is 28.7 Å². The van der Waals surface area contributed by atoms with E-state index in [1.54, 1.807) is 0 Å². The molecule has 0 aromatic heterocycles. The first-order chi connectivity index (χ1) is 9.25. The number of para-hydroxylation sites is 1. The van der Waals surface area contributed by atoms with Crippen molar-refractivity contribution in [2.24, 2.45) is 0 Å². The van der Waals surface area contributed by atoms with Crippen molar-refractivity contribution in [1.82, 2.24) is 4.90 Å². The zero-order valence-electron chi connectivity index (χ0n) is 11.2. The van der Waals surface area contributed by atoms with Crippen molar-refractivity contribution in [2.45, 2.75) is 32.1 Å². The molecule has 19 heavy (non-hydrogen) atoms. The van der Waals surface area contributed by atoms with Gasteiger partial charge in [-0.3, -0.25) is 4.79 Å². The minimum absolute atomic E-state index is 0.0937. The zero-order valence-corrected chi connectivity index (χ0v) is 12.8. The van der Waals surface area contributed by atoms with Crippen molar-refractivity contribution >= 4 is 27.5 Å². The lowest BCUT2D eigenvalue weighted by molar-refractivity contribution is -0.116. The summed E-state index contributed by atoms with van der Waals surface area (Å²) < 4.78 is 0.929. The quantitative estimate of drug-likeness (QED) is 0.916. The van der Waals surface area contributed by atoms with Crippen LogP contribution in [0.3, 0.4) is 0 Å². The van der Waals surface area contributed by atoms with Crippen molar-refractivity contribution in [1.29, 1.82) is 0 Å². The van der Waals surface area contributed by atoms with Crippen LogP contribution in [0.1, 0.15) is 32.1 Å². The first kappa shape index (κ1) is 14.5. The minimum Gasteiger partial charge on any atom is -0.325 e. The summed E-state index contributed by atoms with van der Waals surface area (Å²) in [6, 6.07) is 7.71. The Labute approximate surface area is 123 Å². The Morgan fingerprint density at radius 2 is 1.84 bits per heavy atom. The maximum Gasteiger partial charge on any atom is 0.225 e. The van der Waals surface area contributed by atoms with Gasteiger partial charge in [-0.1, -0.05) is 25.0 Å². The number of carbonyl (C=O) groups excluding carboxylic acids is 1. The first-order valence-corrected chi connectivity index (χ1v) is 7.82. The van der Waals surface area contributed by atoms with Gasteiger partial charge in [0.05, 0.1) is 5.69 Å². The molecule has 4 heteroatoms. The van der Waals surface area contributed by atoms with Gasteiger partial charge < -0.3 is 10.2 Å². The number of nitrogens with one attached hydrogen (secondary N) is 1. The zero-order chi connectivity index (χ0) is 13.5. The highest BCUT2D eigenvalue weighted by molar-refractivity contribution is 9.10. The molecule has 1 N–H and O–H groups in total. The van der Waals surface area contributed by atoms with Crippen LogP contribution >= 0.6 is 15.9 Å². The van der Waals surface area contributed by atoms with E-state index in [2.05, 4.69) is 26.1 Å². The first-order valence-electron chi connectivity index (χ1n) is 7.02. The van der Waals surface area contributed by atoms with E-state index >= 15 is 0 Å². The predicted molar refractivity (Wildman–Crippen MR) is 82.3 cm³/mol. The van der Waals surface area contributed by atoms with E-state index in [1.165, 1.54) is 25.7 Å². The Morgan fingerprint density at radius 3 is 2.53 bits per heavy atom. The van der Waals surface area contributed by atoms with Gasteiger partial charge in [-0.05, 0) is 54.0 Å². The second kappa shape index (κ2) is 7.65. The van der Waals surface area contributed by atoms with E-state index in [4.69, 9.17) is 0 Å². The molecule has 0 radical (unpaired) electrons. The molecule has 1 aliphatic rings. The number of benzene rings is 1. The van der Waals surface area contributed by atoms with Crippen LogP contribution in [-0.2, 0) is 4.79 Å². The van der Waals surface area contributed by atoms with E-state index in [9.17, 15) is 4.79 Å². The molecule has 3 nitrogen and oxygen atoms in total. The van der Waals surface area contributed by atoms with Crippen LogP contribution in [0.5, 0.6) is 0 Å². The van der Waals surface area contributed by atoms with E-state index in [0.29, 0.717) is 6.42 Å². The summed E-state index contributed by atoms with van der Waals surface area (Å²) in [6.45, 7) is 3.15. The molecule has 0 bridgehead atoms. The van der Waals surface area contributed by atoms with Gasteiger partial charge >= 0.3 is 0 Å². The number of hydrogen-bond acceptors (Lipinski definition) is 2. The van der Waals surface area contributed by atoms with Crippen molar-refractivity contribution in [3.63, 3.8) is 0 Å². The fourth-order valence-electron chi connectivity index (χ4n) is 2.39. The molecule has 0 unspecified atom stereocenters. The third-order valence-corrected chi connectivity index (χ3v) is 4.19. The molecule has 2 rings (SSSR count). The summed E-state index contributed by atoms with van der Waals surface area (Å²) in [5.74, 6) is 0.0937. The van der Waals surface area contributed by atoms with Crippen molar-refractivity contribution < 1.29 is 4.79 Å². The predicted octanol–water partition coefficient (Wildman–Crippen LogP) is 3.65. The second-order valence-corrected chi connectivity index (χ2v) is 5.89. The molecular weight excluding hydrogens is 304 g/mol. The molecule has 0 aliphatic carbocycles. The number of nitrogens with zero attached hydrogens (tertiary/aromatic N) is 1. The fraction of sp³-hybridized carbons (Fsp3) is 0.533. The molecule has 1 aliphatic heterocycles. The number of amides is 1. The van der Waals surface area contributed by atoms with Crippen LogP contribution in [-0.4, -0.2) is 30.4 Å². The van der Waals surface area contributed by atoms with Crippen molar-refractivity contribution in [3.8, 4) is 0 Å². The molecule has 1 saturated heterocycles. The van der Waals surface area contributed by atoms with Crippen LogP contribution < -0.4 is 5.32 Å². The molecule has 104 valence electrons. The summed E-state index contributed by atoms with van der Waals surface area (Å²) in [5.41, 5.74) is 0.850. The molecule has 0 atom stereocenters. The van der Waals surface area contributed by atoms with Crippen LogP contribution in [0.25, 0.3) is 0 Å². The number of carbonyl (C=O) groups is 1. The van der Waals surface area contributed by atoms with Gasteiger partial charge in [-0.15, -0.1) is 0 Å². The fourth-order valence-corrected chi connectivity index (χ4v) is 2.78. The van der Waals surface area contributed by atoms with Gasteiger partial charge in [-0.2, -0.15) is 0 Å². The molecule has 0 spiro atoms. The Kier molecular flexibility index (Phi) is 5.86. The second-order valence-electron chi connectivity index (χ2n) is 5.03. The molecule has 1 aromatic rings. The van der Waals surface area contributed by atoms with Crippen LogP contribution in [0.15, 0.2) is 28.7 Å². The lowest BCUT2D eigenvalue weighted by Gasteiger charge is -2.19. The number of anilines is 1. The molecular formula is C15H21BrN2O. The SMILES string of the molecule is O=C(CCN1CCCCCC1)Nc1ccccc1Br. The van der Waals surface area contributed by atoms with E-state index in [0.717, 1.165) is 29.8 Å². The summed E-state index contributed by atoms with van der Waals surface area (Å²) in [5, 5.41) is 2.95. The maximum atomic E-state index is 11.9. The third kappa shape index (κ3) is 4.96. The third-order valence-electron chi connectivity index (χ3n) is 3.50. The van der Waals surface area contributed by atoms with Gasteiger partial charge in [0.2, 0.25) is 5.91 Å². The number of hydrogen-bond donors (Lipinski definition) is 1. The van der Waals surface area contributed by atoms with Gasteiger partial charge in [0, 0.05) is 17.4 Å². The Bertz CT molecular complexity index is 414. The molecule has 1 fully saturated rings. The van der Waals surface area contributed by atoms with Gasteiger partial charge in [0.1, 0.15) is 0 Å². The normalized spacial score (nSPS) is 16.9. The highest BCUT2D eigenvalue weighted by Gasteiger charge is 2.11. The monoisotopic (exact) mass is 324 g/mol. The largest absolute Gasteiger partial charge is 0.325 e. The minimum atomic E-state index is 0.0937. The lowest BCUT2D eigenvalue weighted by Crippen LogP contribution is -2.28. The van der Waals surface area contributed by atoms with Crippen LogP contribution in [0.2, 0.25) is 0 Å².